The summed E-state index contributed by atoms with van der Waals surface area (Å²) in [6.45, 7) is 2.44. The maximum absolute atomic E-state index is 12.1. The summed E-state index contributed by atoms with van der Waals surface area (Å²) >= 11 is 0. The third-order valence-corrected chi connectivity index (χ3v) is 4.03. The summed E-state index contributed by atoms with van der Waals surface area (Å²) < 4.78 is 21.2. The topological polar surface area (TPSA) is 71.1 Å². The summed E-state index contributed by atoms with van der Waals surface area (Å²) in [6, 6.07) is 22.5. The molecule has 30 heavy (non-hydrogen) atoms. The van der Waals surface area contributed by atoms with Gasteiger partial charge in [0.15, 0.2) is 6.61 Å². The molecule has 0 unspecified atom stereocenters. The summed E-state index contributed by atoms with van der Waals surface area (Å²) in [5, 5.41) is 0. The summed E-state index contributed by atoms with van der Waals surface area (Å²) in [4.78, 5) is 24.1. The van der Waals surface area contributed by atoms with Crippen molar-refractivity contribution in [2.45, 2.75) is 13.5 Å². The first-order chi connectivity index (χ1) is 14.6. The van der Waals surface area contributed by atoms with E-state index in [1.807, 2.05) is 37.3 Å². The van der Waals surface area contributed by atoms with Gasteiger partial charge in [0.2, 0.25) is 0 Å². The van der Waals surface area contributed by atoms with Gasteiger partial charge in [-0.25, -0.2) is 9.59 Å². The average Bonchev–Trinajstić information content (AvgIpc) is 2.78. The summed E-state index contributed by atoms with van der Waals surface area (Å²) in [7, 11) is 0. The van der Waals surface area contributed by atoms with Gasteiger partial charge in [-0.2, -0.15) is 0 Å². The molecule has 0 aliphatic carbocycles. The standard InChI is InChI=1S/C24H22O6/c1-2-27-20-12-14-21(15-13-20)28-17-23(25)30-22-10-8-19(9-11-22)24(26)29-16-18-6-4-3-5-7-18/h3-15H,2,16-17H2,1H3. The number of esters is 2. The predicted molar refractivity (Wildman–Crippen MR) is 111 cm³/mol. The highest BCUT2D eigenvalue weighted by Gasteiger charge is 2.10. The van der Waals surface area contributed by atoms with Crippen LogP contribution in [0.3, 0.4) is 0 Å². The molecule has 0 spiro atoms. The molecule has 3 aromatic rings. The van der Waals surface area contributed by atoms with Crippen LogP contribution in [-0.4, -0.2) is 25.2 Å². The Hall–Kier alpha value is -3.80. The fourth-order valence-electron chi connectivity index (χ4n) is 2.57. The SMILES string of the molecule is CCOc1ccc(OCC(=O)Oc2ccc(C(=O)OCc3ccccc3)cc2)cc1. The molecule has 0 aromatic heterocycles. The Morgan fingerprint density at radius 3 is 1.97 bits per heavy atom. The normalized spacial score (nSPS) is 10.2. The minimum absolute atomic E-state index is 0.194. The van der Waals surface area contributed by atoms with Crippen molar-refractivity contribution in [3.63, 3.8) is 0 Å². The van der Waals surface area contributed by atoms with Crippen molar-refractivity contribution in [3.8, 4) is 17.2 Å². The Labute approximate surface area is 175 Å². The molecule has 3 aromatic carbocycles. The molecule has 0 saturated heterocycles. The summed E-state index contributed by atoms with van der Waals surface area (Å²) in [5.41, 5.74) is 1.28. The van der Waals surface area contributed by atoms with Crippen LogP contribution in [0.2, 0.25) is 0 Å². The lowest BCUT2D eigenvalue weighted by molar-refractivity contribution is -0.136. The Morgan fingerprint density at radius 1 is 0.733 bits per heavy atom. The van der Waals surface area contributed by atoms with E-state index < -0.39 is 11.9 Å². The molecule has 0 N–H and O–H groups in total. The molecule has 0 aliphatic heterocycles. The highest BCUT2D eigenvalue weighted by Crippen LogP contribution is 2.18. The number of ether oxygens (including phenoxy) is 4. The zero-order valence-electron chi connectivity index (χ0n) is 16.6. The van der Waals surface area contributed by atoms with Crippen LogP contribution in [0, 0.1) is 0 Å². The number of hydrogen-bond acceptors (Lipinski definition) is 6. The minimum atomic E-state index is -0.553. The van der Waals surface area contributed by atoms with Gasteiger partial charge in [-0.3, -0.25) is 0 Å². The van der Waals surface area contributed by atoms with E-state index >= 15 is 0 Å². The first-order valence-electron chi connectivity index (χ1n) is 9.51. The monoisotopic (exact) mass is 406 g/mol. The van der Waals surface area contributed by atoms with Gasteiger partial charge in [0.05, 0.1) is 12.2 Å². The van der Waals surface area contributed by atoms with Crippen LogP contribution >= 0.6 is 0 Å². The molecule has 0 amide bonds. The van der Waals surface area contributed by atoms with E-state index in [9.17, 15) is 9.59 Å². The van der Waals surface area contributed by atoms with Crippen molar-refractivity contribution in [1.82, 2.24) is 0 Å². The van der Waals surface area contributed by atoms with E-state index in [0.717, 1.165) is 11.3 Å². The molecule has 6 nitrogen and oxygen atoms in total. The van der Waals surface area contributed by atoms with E-state index in [1.165, 1.54) is 12.1 Å². The second kappa shape index (κ2) is 10.7. The number of carbonyl (C=O) groups excluding carboxylic acids is 2. The maximum Gasteiger partial charge on any atom is 0.349 e. The molecule has 3 rings (SSSR count). The van der Waals surface area contributed by atoms with Gasteiger partial charge in [0.1, 0.15) is 23.9 Å². The first-order valence-corrected chi connectivity index (χ1v) is 9.51. The molecule has 0 saturated carbocycles. The third-order valence-electron chi connectivity index (χ3n) is 4.03. The zero-order chi connectivity index (χ0) is 21.2. The van der Waals surface area contributed by atoms with E-state index in [2.05, 4.69) is 0 Å². The van der Waals surface area contributed by atoms with E-state index in [4.69, 9.17) is 18.9 Å². The lowest BCUT2D eigenvalue weighted by atomic mass is 10.2. The largest absolute Gasteiger partial charge is 0.494 e. The summed E-state index contributed by atoms with van der Waals surface area (Å²) in [5.74, 6) is 0.579. The van der Waals surface area contributed by atoms with Gasteiger partial charge in [-0.15, -0.1) is 0 Å². The molecular formula is C24H22O6. The van der Waals surface area contributed by atoms with E-state index in [1.54, 1.807) is 36.4 Å². The van der Waals surface area contributed by atoms with Gasteiger partial charge in [-0.1, -0.05) is 30.3 Å². The molecule has 0 aliphatic rings. The Kier molecular flexibility index (Phi) is 7.44. The lowest BCUT2D eigenvalue weighted by Gasteiger charge is -2.09. The van der Waals surface area contributed by atoms with E-state index in [0.29, 0.717) is 23.7 Å². The fraction of sp³-hybridized carbons (Fsp3) is 0.167. The molecule has 0 bridgehead atoms. The third kappa shape index (κ3) is 6.38. The van der Waals surface area contributed by atoms with Crippen LogP contribution < -0.4 is 14.2 Å². The van der Waals surface area contributed by atoms with Gasteiger partial charge in [0.25, 0.3) is 0 Å². The quantitative estimate of drug-likeness (QED) is 0.387. The van der Waals surface area contributed by atoms with Crippen LogP contribution in [0.15, 0.2) is 78.9 Å². The van der Waals surface area contributed by atoms with Crippen LogP contribution in [0.5, 0.6) is 17.2 Å². The van der Waals surface area contributed by atoms with Gasteiger partial charge >= 0.3 is 11.9 Å². The number of rotatable bonds is 9. The van der Waals surface area contributed by atoms with Crippen molar-refractivity contribution >= 4 is 11.9 Å². The number of hydrogen-bond donors (Lipinski definition) is 0. The van der Waals surface area contributed by atoms with Crippen molar-refractivity contribution in [1.29, 1.82) is 0 Å². The lowest BCUT2D eigenvalue weighted by Crippen LogP contribution is -2.17. The Balaban J connectivity index is 1.45. The molecule has 154 valence electrons. The van der Waals surface area contributed by atoms with Gasteiger partial charge in [0, 0.05) is 0 Å². The zero-order valence-corrected chi connectivity index (χ0v) is 16.6. The smallest absolute Gasteiger partial charge is 0.349 e. The van der Waals surface area contributed by atoms with Crippen molar-refractivity contribution < 1.29 is 28.5 Å². The summed E-state index contributed by atoms with van der Waals surface area (Å²) in [6.07, 6.45) is 0. The van der Waals surface area contributed by atoms with Crippen molar-refractivity contribution in [2.75, 3.05) is 13.2 Å². The van der Waals surface area contributed by atoms with Crippen molar-refractivity contribution in [2.24, 2.45) is 0 Å². The molecule has 0 atom stereocenters. The van der Waals surface area contributed by atoms with E-state index in [-0.39, 0.29) is 13.2 Å². The maximum atomic E-state index is 12.1. The molecule has 0 radical (unpaired) electrons. The highest BCUT2D eigenvalue weighted by atomic mass is 16.6. The fourth-order valence-corrected chi connectivity index (χ4v) is 2.57. The van der Waals surface area contributed by atoms with Gasteiger partial charge in [-0.05, 0) is 61.0 Å². The molecule has 6 heteroatoms. The van der Waals surface area contributed by atoms with Gasteiger partial charge < -0.3 is 18.9 Å². The minimum Gasteiger partial charge on any atom is -0.494 e. The molecule has 0 fully saturated rings. The average molecular weight is 406 g/mol. The molecule has 0 heterocycles. The number of benzene rings is 3. The van der Waals surface area contributed by atoms with Crippen LogP contribution in [0.4, 0.5) is 0 Å². The van der Waals surface area contributed by atoms with Crippen molar-refractivity contribution in [3.05, 3.63) is 90.0 Å². The van der Waals surface area contributed by atoms with Crippen LogP contribution in [-0.2, 0) is 16.1 Å². The van der Waals surface area contributed by atoms with Crippen LogP contribution in [0.1, 0.15) is 22.8 Å². The number of carbonyl (C=O) groups is 2. The second-order valence-electron chi connectivity index (χ2n) is 6.25. The Bertz CT molecular complexity index is 949. The predicted octanol–water partition coefficient (Wildman–Crippen LogP) is 4.43. The second-order valence-corrected chi connectivity index (χ2v) is 6.25. The Morgan fingerprint density at radius 2 is 1.33 bits per heavy atom. The highest BCUT2D eigenvalue weighted by molar-refractivity contribution is 5.89. The first kappa shape index (κ1) is 20.9. The molecular weight excluding hydrogens is 384 g/mol. The van der Waals surface area contributed by atoms with Crippen LogP contribution in [0.25, 0.3) is 0 Å².